The number of benzene rings is 1. The summed E-state index contributed by atoms with van der Waals surface area (Å²) in [5, 5.41) is 8.82. The molecule has 0 spiro atoms. The molecule has 0 radical (unpaired) electrons. The van der Waals surface area contributed by atoms with E-state index in [1.165, 1.54) is 6.07 Å². The van der Waals surface area contributed by atoms with E-state index in [4.69, 9.17) is 14.3 Å². The normalized spacial score (nSPS) is 10.4. The maximum absolute atomic E-state index is 10.8. The fourth-order valence-electron chi connectivity index (χ4n) is 2.02. The Balaban J connectivity index is 2.47. The third kappa shape index (κ3) is 2.09. The molecule has 2 aromatic rings. The van der Waals surface area contributed by atoms with E-state index < -0.39 is 5.97 Å². The van der Waals surface area contributed by atoms with Crippen LogP contribution >= 0.6 is 0 Å². The highest BCUT2D eigenvalue weighted by molar-refractivity contribution is 5.85. The minimum Gasteiger partial charge on any atom is -0.496 e. The Morgan fingerprint density at radius 1 is 1.22 bits per heavy atom. The minimum atomic E-state index is -1.07. The highest BCUT2D eigenvalue weighted by Crippen LogP contribution is 2.30. The monoisotopic (exact) mass is 246 g/mol. The molecule has 0 amide bonds. The number of hydrogen-bond donors (Lipinski definition) is 1. The molecule has 0 unspecified atom stereocenters. The van der Waals surface area contributed by atoms with E-state index in [-0.39, 0.29) is 5.76 Å². The second-order valence-corrected chi connectivity index (χ2v) is 4.11. The Labute approximate surface area is 105 Å². The Kier molecular flexibility index (Phi) is 3.10. The van der Waals surface area contributed by atoms with Crippen molar-refractivity contribution in [2.24, 2.45) is 0 Å². The predicted molar refractivity (Wildman–Crippen MR) is 67.1 cm³/mol. The maximum Gasteiger partial charge on any atom is 0.371 e. The van der Waals surface area contributed by atoms with Gasteiger partial charge in [0.2, 0.25) is 5.76 Å². The first kappa shape index (κ1) is 12.2. The first-order valence-corrected chi connectivity index (χ1v) is 5.51. The number of carboxylic acid groups (broad SMARTS) is 1. The van der Waals surface area contributed by atoms with E-state index in [0.29, 0.717) is 5.76 Å². The second kappa shape index (κ2) is 4.56. The molecule has 18 heavy (non-hydrogen) atoms. The Bertz CT molecular complexity index is 573. The SMILES string of the molecule is COc1c(C)cc(-c2ccc(C(=O)O)o2)cc1C. The van der Waals surface area contributed by atoms with Crippen molar-refractivity contribution in [2.75, 3.05) is 7.11 Å². The number of methoxy groups -OCH3 is 1. The largest absolute Gasteiger partial charge is 0.496 e. The van der Waals surface area contributed by atoms with E-state index in [0.717, 1.165) is 22.4 Å². The standard InChI is InChI=1S/C14H14O4/c1-8-6-10(7-9(2)13(8)17-3)11-4-5-12(18-11)14(15)16/h4-7H,1-3H3,(H,15,16). The molecular weight excluding hydrogens is 232 g/mol. The summed E-state index contributed by atoms with van der Waals surface area (Å²) in [6.07, 6.45) is 0. The molecule has 0 saturated carbocycles. The van der Waals surface area contributed by atoms with Gasteiger partial charge in [-0.25, -0.2) is 4.79 Å². The van der Waals surface area contributed by atoms with Crippen LogP contribution < -0.4 is 4.74 Å². The topological polar surface area (TPSA) is 59.7 Å². The van der Waals surface area contributed by atoms with E-state index in [1.54, 1.807) is 13.2 Å². The fraction of sp³-hybridized carbons (Fsp3) is 0.214. The quantitative estimate of drug-likeness (QED) is 0.902. The third-order valence-electron chi connectivity index (χ3n) is 2.77. The van der Waals surface area contributed by atoms with Crippen LogP contribution in [0.2, 0.25) is 0 Å². The van der Waals surface area contributed by atoms with Gasteiger partial charge in [-0.3, -0.25) is 0 Å². The average Bonchev–Trinajstić information content (AvgIpc) is 2.77. The zero-order valence-corrected chi connectivity index (χ0v) is 10.5. The molecule has 1 heterocycles. The molecule has 0 atom stereocenters. The summed E-state index contributed by atoms with van der Waals surface area (Å²) in [6, 6.07) is 6.93. The van der Waals surface area contributed by atoms with Crippen molar-refractivity contribution in [3.8, 4) is 17.1 Å². The van der Waals surface area contributed by atoms with Crippen molar-refractivity contribution in [1.29, 1.82) is 0 Å². The molecule has 1 aromatic carbocycles. The van der Waals surface area contributed by atoms with Crippen LogP contribution in [-0.4, -0.2) is 18.2 Å². The van der Waals surface area contributed by atoms with Crippen LogP contribution in [0.4, 0.5) is 0 Å². The number of carboxylic acids is 1. The smallest absolute Gasteiger partial charge is 0.371 e. The summed E-state index contributed by atoms with van der Waals surface area (Å²) in [5.74, 6) is 0.254. The summed E-state index contributed by atoms with van der Waals surface area (Å²) in [7, 11) is 1.63. The first-order valence-electron chi connectivity index (χ1n) is 5.51. The summed E-state index contributed by atoms with van der Waals surface area (Å²) in [5.41, 5.74) is 2.82. The highest BCUT2D eigenvalue weighted by Gasteiger charge is 2.12. The number of hydrogen-bond acceptors (Lipinski definition) is 3. The van der Waals surface area contributed by atoms with Gasteiger partial charge in [-0.2, -0.15) is 0 Å². The van der Waals surface area contributed by atoms with E-state index >= 15 is 0 Å². The number of aromatic carboxylic acids is 1. The van der Waals surface area contributed by atoms with E-state index in [1.807, 2.05) is 26.0 Å². The van der Waals surface area contributed by atoms with Gasteiger partial charge in [0.05, 0.1) is 7.11 Å². The lowest BCUT2D eigenvalue weighted by Gasteiger charge is -2.10. The summed E-state index contributed by atoms with van der Waals surface area (Å²) in [4.78, 5) is 10.8. The molecular formula is C14H14O4. The molecule has 4 heteroatoms. The fourth-order valence-corrected chi connectivity index (χ4v) is 2.02. The highest BCUT2D eigenvalue weighted by atomic mass is 16.5. The number of carbonyl (C=O) groups is 1. The molecule has 1 N–H and O–H groups in total. The van der Waals surface area contributed by atoms with Crippen molar-refractivity contribution >= 4 is 5.97 Å². The molecule has 0 aliphatic carbocycles. The summed E-state index contributed by atoms with van der Waals surface area (Å²) in [6.45, 7) is 3.88. The number of aryl methyl sites for hydroxylation is 2. The van der Waals surface area contributed by atoms with Crippen molar-refractivity contribution in [1.82, 2.24) is 0 Å². The second-order valence-electron chi connectivity index (χ2n) is 4.11. The van der Waals surface area contributed by atoms with Crippen LogP contribution in [0.25, 0.3) is 11.3 Å². The summed E-state index contributed by atoms with van der Waals surface area (Å²) < 4.78 is 10.6. The van der Waals surface area contributed by atoms with Crippen LogP contribution in [0.15, 0.2) is 28.7 Å². The van der Waals surface area contributed by atoms with Gasteiger partial charge in [0.15, 0.2) is 0 Å². The lowest BCUT2D eigenvalue weighted by molar-refractivity contribution is 0.0663. The van der Waals surface area contributed by atoms with E-state index in [2.05, 4.69) is 0 Å². The van der Waals surface area contributed by atoms with Gasteiger partial charge in [-0.1, -0.05) is 0 Å². The zero-order valence-electron chi connectivity index (χ0n) is 10.5. The number of rotatable bonds is 3. The molecule has 2 rings (SSSR count). The van der Waals surface area contributed by atoms with Crippen LogP contribution in [0.1, 0.15) is 21.7 Å². The molecule has 0 aliphatic rings. The first-order chi connectivity index (χ1) is 8.52. The van der Waals surface area contributed by atoms with Crippen LogP contribution in [0.3, 0.4) is 0 Å². The Hall–Kier alpha value is -2.23. The van der Waals surface area contributed by atoms with Crippen LogP contribution in [0.5, 0.6) is 5.75 Å². The van der Waals surface area contributed by atoms with Crippen LogP contribution in [-0.2, 0) is 0 Å². The van der Waals surface area contributed by atoms with Crippen molar-refractivity contribution in [3.05, 3.63) is 41.2 Å². The molecule has 0 bridgehead atoms. The Morgan fingerprint density at radius 2 is 1.83 bits per heavy atom. The molecule has 94 valence electrons. The van der Waals surface area contributed by atoms with Crippen molar-refractivity contribution in [2.45, 2.75) is 13.8 Å². The summed E-state index contributed by atoms with van der Waals surface area (Å²) >= 11 is 0. The lowest BCUT2D eigenvalue weighted by atomic mass is 10.0. The van der Waals surface area contributed by atoms with Gasteiger partial charge >= 0.3 is 5.97 Å². The lowest BCUT2D eigenvalue weighted by Crippen LogP contribution is -1.92. The van der Waals surface area contributed by atoms with E-state index in [9.17, 15) is 4.79 Å². The molecule has 0 fully saturated rings. The van der Waals surface area contributed by atoms with Gasteiger partial charge in [0, 0.05) is 5.56 Å². The van der Waals surface area contributed by atoms with Crippen LogP contribution in [0, 0.1) is 13.8 Å². The van der Waals surface area contributed by atoms with Crippen molar-refractivity contribution < 1.29 is 19.1 Å². The van der Waals surface area contributed by atoms with Gasteiger partial charge in [-0.05, 0) is 49.2 Å². The number of ether oxygens (including phenoxy) is 1. The number of furan rings is 1. The third-order valence-corrected chi connectivity index (χ3v) is 2.77. The molecule has 1 aromatic heterocycles. The molecule has 0 aliphatic heterocycles. The Morgan fingerprint density at radius 3 is 2.28 bits per heavy atom. The predicted octanol–water partition coefficient (Wildman–Crippen LogP) is 3.27. The van der Waals surface area contributed by atoms with Crippen molar-refractivity contribution in [3.63, 3.8) is 0 Å². The molecule has 4 nitrogen and oxygen atoms in total. The molecule has 0 saturated heterocycles. The average molecular weight is 246 g/mol. The van der Waals surface area contributed by atoms with Gasteiger partial charge < -0.3 is 14.3 Å². The maximum atomic E-state index is 10.8. The van der Waals surface area contributed by atoms with Gasteiger partial charge in [-0.15, -0.1) is 0 Å². The zero-order chi connectivity index (χ0) is 13.3. The van der Waals surface area contributed by atoms with Gasteiger partial charge in [0.25, 0.3) is 0 Å². The minimum absolute atomic E-state index is 0.0591. The van der Waals surface area contributed by atoms with Gasteiger partial charge in [0.1, 0.15) is 11.5 Å².